The standard InChI is InChI=1S/C23H32N4O5S.C2HF3O2/c1-16(2)15-25-23(28)17-5-7-20(27-11-9-24-10-12-27)19(13-17)26-33(29,30)18-6-8-21(31-3)22(14-18)32-4;3-2(4,5)1(6)7/h5-8,13-14,16,24,26H,9-12,15H2,1-4H3,(H,25,28);(H,6,7). The van der Waals surface area contributed by atoms with Crippen LogP contribution in [0.5, 0.6) is 11.5 Å². The van der Waals surface area contributed by atoms with Crippen LogP contribution in [0.3, 0.4) is 0 Å². The minimum Gasteiger partial charge on any atom is -0.493 e. The van der Waals surface area contributed by atoms with E-state index in [2.05, 4.69) is 20.3 Å². The summed E-state index contributed by atoms with van der Waals surface area (Å²) in [5.74, 6) is -1.96. The highest BCUT2D eigenvalue weighted by molar-refractivity contribution is 7.92. The van der Waals surface area contributed by atoms with Crippen molar-refractivity contribution in [1.82, 2.24) is 10.6 Å². The van der Waals surface area contributed by atoms with Gasteiger partial charge in [0.05, 0.1) is 30.5 Å². The van der Waals surface area contributed by atoms with Gasteiger partial charge in [-0.25, -0.2) is 13.2 Å². The smallest absolute Gasteiger partial charge is 0.490 e. The summed E-state index contributed by atoms with van der Waals surface area (Å²) in [4.78, 5) is 23.7. The number of carbonyl (C=O) groups is 2. The van der Waals surface area contributed by atoms with E-state index in [1.807, 2.05) is 13.8 Å². The number of benzene rings is 2. The largest absolute Gasteiger partial charge is 0.493 e. The number of hydrogen-bond acceptors (Lipinski definition) is 8. The number of halogens is 3. The third kappa shape index (κ3) is 9.19. The number of rotatable bonds is 9. The number of sulfonamides is 1. The van der Waals surface area contributed by atoms with E-state index in [4.69, 9.17) is 19.4 Å². The second-order valence-corrected chi connectivity index (χ2v) is 10.7. The van der Waals surface area contributed by atoms with Crippen LogP contribution in [0.2, 0.25) is 0 Å². The molecular weight excluding hydrogens is 557 g/mol. The Hall–Kier alpha value is -3.72. The van der Waals surface area contributed by atoms with Crippen LogP contribution in [0, 0.1) is 5.92 Å². The summed E-state index contributed by atoms with van der Waals surface area (Å²) in [7, 11) is -1.03. The molecule has 0 saturated carbocycles. The molecule has 1 saturated heterocycles. The van der Waals surface area contributed by atoms with Crippen molar-refractivity contribution in [2.24, 2.45) is 5.92 Å². The number of anilines is 2. The number of nitrogens with one attached hydrogen (secondary N) is 3. The Bertz CT molecular complexity index is 1280. The fraction of sp³-hybridized carbons (Fsp3) is 0.440. The molecule has 0 spiro atoms. The molecular formula is C25H33F3N4O7S. The highest BCUT2D eigenvalue weighted by atomic mass is 32.2. The number of piperazine rings is 1. The summed E-state index contributed by atoms with van der Waals surface area (Å²) in [5, 5.41) is 13.3. The second-order valence-electron chi connectivity index (χ2n) is 9.00. The number of carboxylic acids is 1. The van der Waals surface area contributed by atoms with Crippen molar-refractivity contribution in [3.05, 3.63) is 42.0 Å². The molecule has 0 atom stereocenters. The van der Waals surface area contributed by atoms with E-state index in [1.54, 1.807) is 24.3 Å². The SMILES string of the molecule is COc1ccc(S(=O)(=O)Nc2cc(C(=O)NCC(C)C)ccc2N2CCNCC2)cc1OC.O=C(O)C(F)(F)F. The maximum atomic E-state index is 13.3. The van der Waals surface area contributed by atoms with Gasteiger partial charge in [0.15, 0.2) is 11.5 Å². The topological polar surface area (TPSA) is 146 Å². The Morgan fingerprint density at radius 3 is 2.17 bits per heavy atom. The second kappa shape index (κ2) is 14.1. The van der Waals surface area contributed by atoms with Crippen LogP contribution in [0.25, 0.3) is 0 Å². The van der Waals surface area contributed by atoms with Gasteiger partial charge < -0.3 is 30.1 Å². The first kappa shape index (κ1) is 32.5. The van der Waals surface area contributed by atoms with Crippen molar-refractivity contribution < 1.29 is 45.8 Å². The zero-order chi connectivity index (χ0) is 30.1. The maximum Gasteiger partial charge on any atom is 0.490 e. The van der Waals surface area contributed by atoms with Gasteiger partial charge in [-0.05, 0) is 36.2 Å². The minimum atomic E-state index is -5.08. The molecule has 11 nitrogen and oxygen atoms in total. The van der Waals surface area contributed by atoms with Gasteiger partial charge >= 0.3 is 12.1 Å². The van der Waals surface area contributed by atoms with E-state index in [0.29, 0.717) is 35.2 Å². The molecule has 15 heteroatoms. The molecule has 1 aliphatic heterocycles. The third-order valence-electron chi connectivity index (χ3n) is 5.54. The maximum absolute atomic E-state index is 13.3. The lowest BCUT2D eigenvalue weighted by atomic mass is 10.1. The molecule has 0 unspecified atom stereocenters. The molecule has 0 radical (unpaired) electrons. The summed E-state index contributed by atoms with van der Waals surface area (Å²) >= 11 is 0. The molecule has 2 aromatic rings. The van der Waals surface area contributed by atoms with E-state index in [9.17, 15) is 26.4 Å². The fourth-order valence-corrected chi connectivity index (χ4v) is 4.61. The van der Waals surface area contributed by atoms with Crippen LogP contribution in [-0.4, -0.2) is 78.5 Å². The predicted molar refractivity (Wildman–Crippen MR) is 143 cm³/mol. The first-order valence-corrected chi connectivity index (χ1v) is 13.6. The van der Waals surface area contributed by atoms with E-state index in [-0.39, 0.29) is 10.8 Å². The van der Waals surface area contributed by atoms with Gasteiger partial charge in [-0.1, -0.05) is 13.8 Å². The van der Waals surface area contributed by atoms with Crippen LogP contribution < -0.4 is 29.7 Å². The van der Waals surface area contributed by atoms with E-state index >= 15 is 0 Å². The minimum absolute atomic E-state index is 0.0288. The average Bonchev–Trinajstić information content (AvgIpc) is 2.91. The Labute approximate surface area is 230 Å². The average molecular weight is 591 g/mol. The number of methoxy groups -OCH3 is 2. The van der Waals surface area contributed by atoms with Gasteiger partial charge in [0.2, 0.25) is 0 Å². The highest BCUT2D eigenvalue weighted by Gasteiger charge is 2.38. The number of nitrogens with zero attached hydrogens (tertiary/aromatic N) is 1. The molecule has 1 fully saturated rings. The molecule has 1 amide bonds. The lowest BCUT2D eigenvalue weighted by Crippen LogP contribution is -2.43. The number of hydrogen-bond donors (Lipinski definition) is 4. The van der Waals surface area contributed by atoms with Crippen molar-refractivity contribution in [3.8, 4) is 11.5 Å². The van der Waals surface area contributed by atoms with Crippen molar-refractivity contribution in [2.45, 2.75) is 24.9 Å². The van der Waals surface area contributed by atoms with Crippen LogP contribution >= 0.6 is 0 Å². The van der Waals surface area contributed by atoms with E-state index in [0.717, 1.165) is 31.9 Å². The van der Waals surface area contributed by atoms with Crippen LogP contribution in [-0.2, 0) is 14.8 Å². The molecule has 0 aromatic heterocycles. The number of alkyl halides is 3. The zero-order valence-electron chi connectivity index (χ0n) is 22.5. The normalized spacial score (nSPS) is 13.7. The molecule has 2 aromatic carbocycles. The molecule has 1 aliphatic rings. The van der Waals surface area contributed by atoms with E-state index in [1.165, 1.54) is 26.4 Å². The highest BCUT2D eigenvalue weighted by Crippen LogP contribution is 2.33. The van der Waals surface area contributed by atoms with Crippen molar-refractivity contribution in [2.75, 3.05) is 56.6 Å². The van der Waals surface area contributed by atoms with Gasteiger partial charge in [0, 0.05) is 44.4 Å². The van der Waals surface area contributed by atoms with Crippen molar-refractivity contribution in [3.63, 3.8) is 0 Å². The monoisotopic (exact) mass is 590 g/mol. The van der Waals surface area contributed by atoms with Crippen molar-refractivity contribution in [1.29, 1.82) is 0 Å². The van der Waals surface area contributed by atoms with Crippen LogP contribution in [0.4, 0.5) is 24.5 Å². The first-order valence-electron chi connectivity index (χ1n) is 12.1. The number of aliphatic carboxylic acids is 1. The summed E-state index contributed by atoms with van der Waals surface area (Å²) in [6.07, 6.45) is -5.08. The fourth-order valence-electron chi connectivity index (χ4n) is 3.53. The van der Waals surface area contributed by atoms with Gasteiger partial charge in [-0.15, -0.1) is 0 Å². The van der Waals surface area contributed by atoms with Gasteiger partial charge in [0.1, 0.15) is 0 Å². The lowest BCUT2D eigenvalue weighted by Gasteiger charge is -2.31. The van der Waals surface area contributed by atoms with Gasteiger partial charge in [-0.3, -0.25) is 9.52 Å². The summed E-state index contributed by atoms with van der Waals surface area (Å²) in [6.45, 7) is 7.59. The summed E-state index contributed by atoms with van der Waals surface area (Å²) < 4.78 is 71.4. The lowest BCUT2D eigenvalue weighted by molar-refractivity contribution is -0.192. The van der Waals surface area contributed by atoms with Crippen LogP contribution in [0.15, 0.2) is 41.3 Å². The number of carboxylic acid groups (broad SMARTS) is 1. The van der Waals surface area contributed by atoms with Gasteiger partial charge in [0.25, 0.3) is 15.9 Å². The number of amides is 1. The first-order chi connectivity index (χ1) is 18.7. The molecule has 0 aliphatic carbocycles. The number of carbonyl (C=O) groups excluding carboxylic acids is 1. The third-order valence-corrected chi connectivity index (χ3v) is 6.90. The molecule has 4 N–H and O–H groups in total. The predicted octanol–water partition coefficient (Wildman–Crippen LogP) is 2.93. The van der Waals surface area contributed by atoms with Gasteiger partial charge in [-0.2, -0.15) is 13.2 Å². The zero-order valence-corrected chi connectivity index (χ0v) is 23.3. The Morgan fingerprint density at radius 1 is 1.05 bits per heavy atom. The quantitative estimate of drug-likeness (QED) is 0.346. The van der Waals surface area contributed by atoms with Crippen LogP contribution in [0.1, 0.15) is 24.2 Å². The van der Waals surface area contributed by atoms with Crippen molar-refractivity contribution >= 4 is 33.3 Å². The number of ether oxygens (including phenoxy) is 2. The van der Waals surface area contributed by atoms with E-state index < -0.39 is 22.2 Å². The summed E-state index contributed by atoms with van der Waals surface area (Å²) in [5.41, 5.74) is 1.46. The molecule has 3 rings (SSSR count). The Morgan fingerprint density at radius 2 is 1.65 bits per heavy atom. The molecule has 222 valence electrons. The summed E-state index contributed by atoms with van der Waals surface area (Å²) in [6, 6.07) is 9.51. The Balaban J connectivity index is 0.000000708. The molecule has 1 heterocycles. The molecule has 0 bridgehead atoms. The Kier molecular flexibility index (Phi) is 11.4. The molecule has 40 heavy (non-hydrogen) atoms.